The molecule has 8 heteroatoms. The van der Waals surface area contributed by atoms with Crippen LogP contribution in [0.2, 0.25) is 0 Å². The van der Waals surface area contributed by atoms with Gasteiger partial charge in [-0.3, -0.25) is 14.5 Å². The summed E-state index contributed by atoms with van der Waals surface area (Å²) < 4.78 is 15.6. The predicted octanol–water partition coefficient (Wildman–Crippen LogP) is 5.85. The van der Waals surface area contributed by atoms with Crippen molar-refractivity contribution in [2.45, 2.75) is 26.2 Å². The largest absolute Gasteiger partial charge is 0.299 e. The van der Waals surface area contributed by atoms with Crippen molar-refractivity contribution in [3.8, 4) is 5.69 Å². The molecule has 0 radical (unpaired) electrons. The smallest absolute Gasteiger partial charge is 0.232 e. The Hall–Kier alpha value is -3.36. The van der Waals surface area contributed by atoms with Gasteiger partial charge >= 0.3 is 0 Å². The molecule has 0 N–H and O–H groups in total. The van der Waals surface area contributed by atoms with Gasteiger partial charge in [0.05, 0.1) is 17.3 Å². The van der Waals surface area contributed by atoms with Crippen LogP contribution in [0.1, 0.15) is 45.1 Å². The highest BCUT2D eigenvalue weighted by Gasteiger charge is 2.44. The van der Waals surface area contributed by atoms with Crippen LogP contribution in [0.5, 0.6) is 0 Å². The number of nitrogens with zero attached hydrogens (tertiary/aromatic N) is 3. The van der Waals surface area contributed by atoms with Crippen LogP contribution in [0.4, 0.5) is 10.2 Å². The van der Waals surface area contributed by atoms with Crippen LogP contribution < -0.4 is 4.90 Å². The number of Topliss-reactive ketones (excluding diaryl/α,β-unsaturated/α-hetero) is 1. The van der Waals surface area contributed by atoms with Crippen molar-refractivity contribution in [1.82, 2.24) is 9.78 Å². The predicted molar refractivity (Wildman–Crippen MR) is 154 cm³/mol. The van der Waals surface area contributed by atoms with Gasteiger partial charge in [-0.25, -0.2) is 9.07 Å². The molecule has 5 nitrogen and oxygen atoms in total. The first-order valence-corrected chi connectivity index (χ1v) is 11.6. The number of carbonyl (C=O) groups excluding carboxylic acids is 2. The number of halogens is 1. The van der Waals surface area contributed by atoms with Crippen molar-refractivity contribution in [2.75, 3.05) is 11.9 Å². The summed E-state index contributed by atoms with van der Waals surface area (Å²) in [5.41, 5.74) is 4.84. The van der Waals surface area contributed by atoms with E-state index >= 15 is 0 Å². The first-order chi connectivity index (χ1) is 16.8. The first-order valence-electron chi connectivity index (χ1n) is 11.6. The molecule has 0 bridgehead atoms. The zero-order valence-corrected chi connectivity index (χ0v) is 22.9. The molecule has 37 heavy (non-hydrogen) atoms. The van der Waals surface area contributed by atoms with E-state index in [0.717, 1.165) is 28.1 Å². The summed E-state index contributed by atoms with van der Waals surface area (Å²) in [4.78, 5) is 28.8. The third-order valence-electron chi connectivity index (χ3n) is 6.74. The van der Waals surface area contributed by atoms with Crippen molar-refractivity contribution in [1.29, 1.82) is 0 Å². The molecule has 0 unspecified atom stereocenters. The number of para-hydroxylation sites is 1. The molecule has 2 atom stereocenters. The van der Waals surface area contributed by atoms with Crippen LogP contribution in [-0.4, -0.2) is 28.5 Å². The Bertz CT molecular complexity index is 1420. The molecule has 0 spiro atoms. The van der Waals surface area contributed by atoms with Gasteiger partial charge in [0.25, 0.3) is 0 Å². The van der Waals surface area contributed by atoms with Gasteiger partial charge in [0.1, 0.15) is 11.6 Å². The number of fused-ring (bicyclic) bond motifs is 1. The topological polar surface area (TPSA) is 55.2 Å². The maximum absolute atomic E-state index is 13.8. The van der Waals surface area contributed by atoms with Gasteiger partial charge in [-0.1, -0.05) is 54.1 Å². The third-order valence-corrected chi connectivity index (χ3v) is 6.74. The number of ketones is 1. The highest BCUT2D eigenvalue weighted by atomic mass is 32.1. The molecule has 1 aliphatic rings. The number of carbonyl (C=O) groups is 2. The Kier molecular flexibility index (Phi) is 8.66. The summed E-state index contributed by atoms with van der Waals surface area (Å²) in [6.45, 7) is 3.85. The van der Waals surface area contributed by atoms with E-state index in [4.69, 9.17) is 5.10 Å². The first kappa shape index (κ1) is 28.2. The molecule has 1 aromatic heterocycles. The van der Waals surface area contributed by atoms with E-state index < -0.39 is 11.8 Å². The quantitative estimate of drug-likeness (QED) is 0.301. The van der Waals surface area contributed by atoms with Crippen molar-refractivity contribution in [3.63, 3.8) is 0 Å². The SMILES string of the molecule is Cc1cccc(C(=O)C[C@@H]2C(=O)N(C)c3c(c(C)nn3-c3ccccc3)[C@@H]2c2ccc(F)cc2)c1.S.S. The minimum Gasteiger partial charge on any atom is -0.299 e. The van der Waals surface area contributed by atoms with Gasteiger partial charge in [0, 0.05) is 30.5 Å². The van der Waals surface area contributed by atoms with Gasteiger partial charge in [-0.15, -0.1) is 0 Å². The number of aromatic nitrogens is 2. The molecule has 2 heterocycles. The maximum atomic E-state index is 13.8. The van der Waals surface area contributed by atoms with E-state index in [9.17, 15) is 14.0 Å². The van der Waals surface area contributed by atoms with E-state index in [1.165, 1.54) is 12.1 Å². The van der Waals surface area contributed by atoms with Crippen molar-refractivity contribution >= 4 is 44.5 Å². The second kappa shape index (κ2) is 11.4. The summed E-state index contributed by atoms with van der Waals surface area (Å²) in [7, 11) is 1.73. The molecule has 5 rings (SSSR count). The van der Waals surface area contributed by atoms with Crippen LogP contribution >= 0.6 is 27.0 Å². The lowest BCUT2D eigenvalue weighted by molar-refractivity contribution is -0.123. The normalized spacial score (nSPS) is 16.4. The number of anilines is 1. The summed E-state index contributed by atoms with van der Waals surface area (Å²) in [5, 5.41) is 4.79. The third kappa shape index (κ3) is 5.22. The summed E-state index contributed by atoms with van der Waals surface area (Å²) in [6, 6.07) is 23.2. The molecule has 0 saturated heterocycles. The molecule has 0 fully saturated rings. The summed E-state index contributed by atoms with van der Waals surface area (Å²) in [5.74, 6) is -1.00. The highest BCUT2D eigenvalue weighted by Crippen LogP contribution is 2.46. The Morgan fingerprint density at radius 3 is 2.27 bits per heavy atom. The van der Waals surface area contributed by atoms with E-state index in [-0.39, 0.29) is 50.9 Å². The van der Waals surface area contributed by atoms with Crippen LogP contribution in [0.3, 0.4) is 0 Å². The van der Waals surface area contributed by atoms with E-state index in [1.807, 2.05) is 62.4 Å². The fourth-order valence-corrected chi connectivity index (χ4v) is 5.07. The van der Waals surface area contributed by atoms with Crippen LogP contribution in [0.25, 0.3) is 5.69 Å². The average molecular weight is 536 g/mol. The second-order valence-corrected chi connectivity index (χ2v) is 9.10. The van der Waals surface area contributed by atoms with Gasteiger partial charge in [-0.05, 0) is 49.7 Å². The molecule has 0 aliphatic carbocycles. The van der Waals surface area contributed by atoms with Crippen molar-refractivity contribution in [3.05, 3.63) is 113 Å². The minimum atomic E-state index is -0.641. The van der Waals surface area contributed by atoms with Crippen LogP contribution in [0, 0.1) is 25.6 Å². The Morgan fingerprint density at radius 1 is 0.946 bits per heavy atom. The number of amides is 1. The lowest BCUT2D eigenvalue weighted by atomic mass is 9.74. The van der Waals surface area contributed by atoms with Gasteiger partial charge in [0.15, 0.2) is 5.78 Å². The molecular weight excluding hydrogens is 505 g/mol. The molecule has 4 aromatic rings. The summed E-state index contributed by atoms with van der Waals surface area (Å²) >= 11 is 0. The maximum Gasteiger partial charge on any atom is 0.232 e. The minimum absolute atomic E-state index is 0. The fourth-order valence-electron chi connectivity index (χ4n) is 5.07. The van der Waals surface area contributed by atoms with Gasteiger partial charge < -0.3 is 0 Å². The van der Waals surface area contributed by atoms with E-state index in [0.29, 0.717) is 11.4 Å². The monoisotopic (exact) mass is 535 g/mol. The molecule has 1 amide bonds. The van der Waals surface area contributed by atoms with Crippen LogP contribution in [0.15, 0.2) is 78.9 Å². The molecule has 1 aliphatic heterocycles. The lowest BCUT2D eigenvalue weighted by Crippen LogP contribution is -2.43. The molecule has 3 aromatic carbocycles. The van der Waals surface area contributed by atoms with Crippen LogP contribution in [-0.2, 0) is 4.79 Å². The zero-order chi connectivity index (χ0) is 24.7. The van der Waals surface area contributed by atoms with Crippen molar-refractivity contribution in [2.24, 2.45) is 5.92 Å². The Labute approximate surface area is 230 Å². The number of benzene rings is 3. The average Bonchev–Trinajstić information content (AvgIpc) is 3.21. The highest BCUT2D eigenvalue weighted by molar-refractivity contribution is 7.59. The van der Waals surface area contributed by atoms with E-state index in [1.54, 1.807) is 34.8 Å². The number of hydrogen-bond donors (Lipinski definition) is 0. The number of hydrogen-bond acceptors (Lipinski definition) is 3. The molecular formula is C29H30FN3O2S2. The standard InChI is InChI=1S/C29H26FN3O2.2H2S/c1-18-8-7-9-21(16-18)25(34)17-24-27(20-12-14-22(30)15-13-20)26-19(2)31-33(23-10-5-4-6-11-23)28(26)32(3)29(24)35;;/h4-16,24,27H,17H2,1-3H3;2*1H2/t24-,27+;;/m0../s1. The summed E-state index contributed by atoms with van der Waals surface area (Å²) in [6.07, 6.45) is 0.0457. The van der Waals surface area contributed by atoms with E-state index in [2.05, 4.69) is 0 Å². The number of aryl methyl sites for hydroxylation is 2. The van der Waals surface area contributed by atoms with Gasteiger partial charge in [0.2, 0.25) is 5.91 Å². The molecule has 0 saturated carbocycles. The molecule has 192 valence electrons. The van der Waals surface area contributed by atoms with Crippen molar-refractivity contribution < 1.29 is 14.0 Å². The zero-order valence-electron chi connectivity index (χ0n) is 20.9. The second-order valence-electron chi connectivity index (χ2n) is 9.10. The van der Waals surface area contributed by atoms with Gasteiger partial charge in [-0.2, -0.15) is 32.1 Å². The number of rotatable bonds is 5. The Morgan fingerprint density at radius 2 is 1.62 bits per heavy atom. The Balaban J connectivity index is 0.00000190. The fraction of sp³-hybridized carbons (Fsp3) is 0.207. The lowest BCUT2D eigenvalue weighted by Gasteiger charge is -2.36.